The highest BCUT2D eigenvalue weighted by Crippen LogP contribution is 2.50. The number of fused-ring (bicyclic) bond motifs is 6. The lowest BCUT2D eigenvalue weighted by Gasteiger charge is -2.26. The Labute approximate surface area is 345 Å². The van der Waals surface area contributed by atoms with Crippen molar-refractivity contribution in [1.82, 2.24) is 4.57 Å². The van der Waals surface area contributed by atoms with Crippen molar-refractivity contribution in [3.05, 3.63) is 230 Å². The van der Waals surface area contributed by atoms with Crippen molar-refractivity contribution in [1.29, 1.82) is 0 Å². The molecule has 9 aromatic carbocycles. The maximum Gasteiger partial charge on any atom is 0.0547 e. The number of hydrogen-bond acceptors (Lipinski definition) is 1. The van der Waals surface area contributed by atoms with Crippen LogP contribution in [-0.2, 0) is 5.41 Å². The summed E-state index contributed by atoms with van der Waals surface area (Å²) in [5.74, 6) is 0. The third-order valence-electron chi connectivity index (χ3n) is 12.4. The Balaban J connectivity index is 1.05. The van der Waals surface area contributed by atoms with Gasteiger partial charge >= 0.3 is 0 Å². The molecule has 0 spiro atoms. The van der Waals surface area contributed by atoms with E-state index in [0.717, 1.165) is 17.1 Å². The fraction of sp³-hybridized carbons (Fsp3) is 0.0526. The zero-order chi connectivity index (χ0) is 39.5. The molecule has 0 N–H and O–H groups in total. The number of benzene rings is 9. The van der Waals surface area contributed by atoms with Gasteiger partial charge in [0, 0.05) is 38.9 Å². The number of rotatable bonds is 7. The van der Waals surface area contributed by atoms with Crippen LogP contribution in [0.4, 0.5) is 17.1 Å². The van der Waals surface area contributed by atoms with Crippen LogP contribution in [0.3, 0.4) is 0 Å². The highest BCUT2D eigenvalue weighted by molar-refractivity contribution is 6.16. The Kier molecular flexibility index (Phi) is 8.20. The molecular weight excluding hydrogens is 713 g/mol. The Bertz CT molecular complexity index is 3070. The van der Waals surface area contributed by atoms with E-state index in [2.05, 4.69) is 242 Å². The highest BCUT2D eigenvalue weighted by atomic mass is 15.1. The summed E-state index contributed by atoms with van der Waals surface area (Å²) in [6, 6.07) is 79.7. The molecule has 1 aliphatic rings. The standard InChI is InChI=1S/C57H42N2/c1-57(2)52-24-11-9-21-49(52)50-36-35-47(38-53(50)57)59-54-25-12-10-22-51(54)56-48(23-14-26-55(56)59)43-19-13-20-46(37-43)58(44-31-27-41(28-32-44)39-15-5-3-6-16-39)45-33-29-42(30-34-45)40-17-7-4-8-18-40/h3-38H,1-2H3. The van der Waals surface area contributed by atoms with Crippen LogP contribution in [0, 0.1) is 0 Å². The maximum atomic E-state index is 2.46. The van der Waals surface area contributed by atoms with Crippen LogP contribution in [-0.4, -0.2) is 4.57 Å². The van der Waals surface area contributed by atoms with Gasteiger partial charge in [-0.3, -0.25) is 0 Å². The minimum absolute atomic E-state index is 0.0814. The van der Waals surface area contributed by atoms with E-state index in [9.17, 15) is 0 Å². The Morgan fingerprint density at radius 1 is 0.356 bits per heavy atom. The first-order valence-electron chi connectivity index (χ1n) is 20.5. The third kappa shape index (κ3) is 5.79. The second kappa shape index (κ2) is 13.9. The fourth-order valence-electron chi connectivity index (χ4n) is 9.50. The van der Waals surface area contributed by atoms with Gasteiger partial charge in [0.25, 0.3) is 0 Å². The molecule has 0 aliphatic heterocycles. The van der Waals surface area contributed by atoms with Gasteiger partial charge in [-0.2, -0.15) is 0 Å². The van der Waals surface area contributed by atoms with Gasteiger partial charge < -0.3 is 9.47 Å². The normalized spacial score (nSPS) is 12.7. The molecule has 2 nitrogen and oxygen atoms in total. The fourth-order valence-corrected chi connectivity index (χ4v) is 9.50. The molecule has 11 rings (SSSR count). The summed E-state index contributed by atoms with van der Waals surface area (Å²) in [6.07, 6.45) is 0. The molecule has 280 valence electrons. The molecule has 10 aromatic rings. The van der Waals surface area contributed by atoms with Gasteiger partial charge in [0.05, 0.1) is 11.0 Å². The van der Waals surface area contributed by atoms with Crippen LogP contribution >= 0.6 is 0 Å². The number of hydrogen-bond donors (Lipinski definition) is 0. The van der Waals surface area contributed by atoms with Gasteiger partial charge in [0.1, 0.15) is 0 Å². The van der Waals surface area contributed by atoms with Crippen molar-refractivity contribution in [3.63, 3.8) is 0 Å². The average Bonchev–Trinajstić information content (AvgIpc) is 3.76. The number of para-hydroxylation sites is 1. The van der Waals surface area contributed by atoms with Crippen molar-refractivity contribution in [2.24, 2.45) is 0 Å². The number of aromatic nitrogens is 1. The molecule has 1 aliphatic carbocycles. The van der Waals surface area contributed by atoms with E-state index in [1.54, 1.807) is 0 Å². The topological polar surface area (TPSA) is 8.17 Å². The molecule has 0 atom stereocenters. The van der Waals surface area contributed by atoms with E-state index < -0.39 is 0 Å². The van der Waals surface area contributed by atoms with Crippen LogP contribution in [0.25, 0.3) is 72.0 Å². The average molecular weight is 755 g/mol. The van der Waals surface area contributed by atoms with Crippen molar-refractivity contribution < 1.29 is 0 Å². The SMILES string of the molecule is CC1(C)c2ccccc2-c2ccc(-n3c4ccccc4c4c(-c5cccc(N(c6ccc(-c7ccccc7)cc6)c6ccc(-c7ccccc7)cc6)c5)cccc43)cc21. The lowest BCUT2D eigenvalue weighted by atomic mass is 9.82. The van der Waals surface area contributed by atoms with Crippen LogP contribution < -0.4 is 4.90 Å². The summed E-state index contributed by atoms with van der Waals surface area (Å²) in [7, 11) is 0. The first kappa shape index (κ1) is 34.8. The summed E-state index contributed by atoms with van der Waals surface area (Å²) in [6.45, 7) is 4.72. The molecule has 0 radical (unpaired) electrons. The van der Waals surface area contributed by atoms with Gasteiger partial charge in [-0.05, 0) is 116 Å². The summed E-state index contributed by atoms with van der Waals surface area (Å²) in [4.78, 5) is 2.38. The monoisotopic (exact) mass is 754 g/mol. The molecular formula is C57H42N2. The molecule has 59 heavy (non-hydrogen) atoms. The first-order chi connectivity index (χ1) is 29.0. The van der Waals surface area contributed by atoms with E-state index >= 15 is 0 Å². The van der Waals surface area contributed by atoms with Crippen molar-refractivity contribution in [2.45, 2.75) is 19.3 Å². The number of nitrogens with zero attached hydrogens (tertiary/aromatic N) is 2. The van der Waals surface area contributed by atoms with Gasteiger partial charge in [-0.25, -0.2) is 0 Å². The molecule has 0 saturated heterocycles. The second-order valence-corrected chi connectivity index (χ2v) is 16.2. The summed E-state index contributed by atoms with van der Waals surface area (Å²) >= 11 is 0. The minimum Gasteiger partial charge on any atom is -0.310 e. The van der Waals surface area contributed by atoms with E-state index in [-0.39, 0.29) is 5.41 Å². The Morgan fingerprint density at radius 2 is 0.881 bits per heavy atom. The molecule has 1 aromatic heterocycles. The van der Waals surface area contributed by atoms with E-state index in [4.69, 9.17) is 0 Å². The molecule has 2 heteroatoms. The van der Waals surface area contributed by atoms with Crippen LogP contribution in [0.15, 0.2) is 218 Å². The minimum atomic E-state index is -0.0814. The van der Waals surface area contributed by atoms with Gasteiger partial charge in [0.2, 0.25) is 0 Å². The van der Waals surface area contributed by atoms with E-state index in [0.29, 0.717) is 0 Å². The predicted octanol–water partition coefficient (Wildman–Crippen LogP) is 15.6. The number of anilines is 3. The third-order valence-corrected chi connectivity index (χ3v) is 12.4. The van der Waals surface area contributed by atoms with E-state index in [1.807, 2.05) is 0 Å². The van der Waals surface area contributed by atoms with Crippen LogP contribution in [0.2, 0.25) is 0 Å². The lowest BCUT2D eigenvalue weighted by Crippen LogP contribution is -2.15. The Hall–Kier alpha value is -7.42. The second-order valence-electron chi connectivity index (χ2n) is 16.2. The summed E-state index contributed by atoms with van der Waals surface area (Å²) in [5.41, 5.74) is 19.5. The molecule has 1 heterocycles. The zero-order valence-electron chi connectivity index (χ0n) is 33.2. The molecule has 0 fully saturated rings. The van der Waals surface area contributed by atoms with Gasteiger partial charge in [-0.1, -0.05) is 172 Å². The zero-order valence-corrected chi connectivity index (χ0v) is 33.2. The van der Waals surface area contributed by atoms with Crippen molar-refractivity contribution in [3.8, 4) is 50.2 Å². The Morgan fingerprint density at radius 3 is 1.58 bits per heavy atom. The van der Waals surface area contributed by atoms with Crippen LogP contribution in [0.5, 0.6) is 0 Å². The van der Waals surface area contributed by atoms with Crippen molar-refractivity contribution >= 4 is 38.9 Å². The summed E-state index contributed by atoms with van der Waals surface area (Å²) in [5, 5.41) is 2.51. The van der Waals surface area contributed by atoms with Crippen molar-refractivity contribution in [2.75, 3.05) is 4.90 Å². The lowest BCUT2D eigenvalue weighted by molar-refractivity contribution is 0.660. The molecule has 0 unspecified atom stereocenters. The quantitative estimate of drug-likeness (QED) is 0.157. The largest absolute Gasteiger partial charge is 0.310 e. The summed E-state index contributed by atoms with van der Waals surface area (Å²) < 4.78 is 2.46. The molecule has 0 bridgehead atoms. The first-order valence-corrected chi connectivity index (χ1v) is 20.5. The van der Waals surface area contributed by atoms with Gasteiger partial charge in [0.15, 0.2) is 0 Å². The maximum absolute atomic E-state index is 2.46. The highest BCUT2D eigenvalue weighted by Gasteiger charge is 2.35. The smallest absolute Gasteiger partial charge is 0.0547 e. The molecule has 0 amide bonds. The predicted molar refractivity (Wildman–Crippen MR) is 249 cm³/mol. The molecule has 0 saturated carbocycles. The van der Waals surface area contributed by atoms with Gasteiger partial charge in [-0.15, -0.1) is 0 Å². The van der Waals surface area contributed by atoms with E-state index in [1.165, 1.54) is 83.1 Å². The van der Waals surface area contributed by atoms with Crippen LogP contribution in [0.1, 0.15) is 25.0 Å².